The molecule has 2 unspecified atom stereocenters. The number of benzene rings is 1. The first-order valence-electron chi connectivity index (χ1n) is 5.10. The van der Waals surface area contributed by atoms with Crippen molar-refractivity contribution >= 4 is 23.2 Å². The maximum Gasteiger partial charge on any atom is 0.269 e. The third kappa shape index (κ3) is 3.71. The average Bonchev–Trinajstić information content (AvgIpc) is 2.28. The van der Waals surface area contributed by atoms with Crippen LogP contribution in [0.5, 0.6) is 0 Å². The number of rotatable bonds is 4. The standard InChI is InChI=1S/C11H13ClN2O3/c1-7(12)11(15)13-8(2)9-4-3-5-10(6-9)14(16)17/h3-8H,1-2H3,(H,13,15). The number of nitrogens with zero attached hydrogens (tertiary/aromatic N) is 1. The summed E-state index contributed by atoms with van der Waals surface area (Å²) in [7, 11) is 0. The van der Waals surface area contributed by atoms with Gasteiger partial charge in [-0.25, -0.2) is 0 Å². The number of carbonyl (C=O) groups is 1. The summed E-state index contributed by atoms with van der Waals surface area (Å²) < 4.78 is 0. The Kier molecular flexibility index (Phi) is 4.45. The Labute approximate surface area is 104 Å². The number of non-ortho nitro benzene ring substituents is 1. The quantitative estimate of drug-likeness (QED) is 0.511. The lowest BCUT2D eigenvalue weighted by atomic mass is 10.1. The fraction of sp³-hybridized carbons (Fsp3) is 0.364. The van der Waals surface area contributed by atoms with Crippen LogP contribution in [0.25, 0.3) is 0 Å². The molecular weight excluding hydrogens is 244 g/mol. The highest BCUT2D eigenvalue weighted by Gasteiger charge is 2.15. The van der Waals surface area contributed by atoms with Crippen LogP contribution in [0.4, 0.5) is 5.69 Å². The molecule has 0 aliphatic rings. The molecule has 1 aromatic carbocycles. The van der Waals surface area contributed by atoms with Crippen LogP contribution in [-0.4, -0.2) is 16.2 Å². The molecule has 1 N–H and O–H groups in total. The minimum absolute atomic E-state index is 0.00233. The first-order valence-corrected chi connectivity index (χ1v) is 5.54. The van der Waals surface area contributed by atoms with E-state index >= 15 is 0 Å². The van der Waals surface area contributed by atoms with Crippen LogP contribution in [0.1, 0.15) is 25.5 Å². The third-order valence-electron chi connectivity index (χ3n) is 2.30. The highest BCUT2D eigenvalue weighted by molar-refractivity contribution is 6.30. The Morgan fingerprint density at radius 3 is 2.65 bits per heavy atom. The van der Waals surface area contributed by atoms with E-state index in [1.165, 1.54) is 12.1 Å². The predicted molar refractivity (Wildman–Crippen MR) is 65.0 cm³/mol. The Morgan fingerprint density at radius 1 is 1.47 bits per heavy atom. The molecule has 0 aliphatic carbocycles. The summed E-state index contributed by atoms with van der Waals surface area (Å²) in [5.41, 5.74) is 0.674. The summed E-state index contributed by atoms with van der Waals surface area (Å²) in [5.74, 6) is -0.300. The molecule has 0 aromatic heterocycles. The zero-order valence-corrected chi connectivity index (χ0v) is 10.3. The molecule has 5 nitrogen and oxygen atoms in total. The van der Waals surface area contributed by atoms with E-state index in [0.29, 0.717) is 5.56 Å². The van der Waals surface area contributed by atoms with Crippen molar-refractivity contribution in [2.75, 3.05) is 0 Å². The number of hydrogen-bond acceptors (Lipinski definition) is 3. The molecule has 0 fully saturated rings. The average molecular weight is 257 g/mol. The van der Waals surface area contributed by atoms with Crippen molar-refractivity contribution in [1.82, 2.24) is 5.32 Å². The minimum atomic E-state index is -0.629. The number of carbonyl (C=O) groups excluding carboxylic acids is 1. The van der Waals surface area contributed by atoms with Gasteiger partial charge in [-0.3, -0.25) is 14.9 Å². The fourth-order valence-electron chi connectivity index (χ4n) is 1.32. The summed E-state index contributed by atoms with van der Waals surface area (Å²) in [6, 6.07) is 5.83. The summed E-state index contributed by atoms with van der Waals surface area (Å²) in [4.78, 5) is 21.5. The summed E-state index contributed by atoms with van der Waals surface area (Å²) in [6.45, 7) is 3.31. The lowest BCUT2D eigenvalue weighted by Gasteiger charge is -2.15. The van der Waals surface area contributed by atoms with Crippen LogP contribution < -0.4 is 5.32 Å². The van der Waals surface area contributed by atoms with E-state index in [9.17, 15) is 14.9 Å². The van der Waals surface area contributed by atoms with Crippen LogP contribution in [-0.2, 0) is 4.79 Å². The van der Waals surface area contributed by atoms with E-state index in [4.69, 9.17) is 11.6 Å². The first-order chi connectivity index (χ1) is 7.91. The van der Waals surface area contributed by atoms with E-state index in [0.717, 1.165) is 0 Å². The van der Waals surface area contributed by atoms with Crippen molar-refractivity contribution in [3.63, 3.8) is 0 Å². The Balaban J connectivity index is 2.82. The van der Waals surface area contributed by atoms with Crippen molar-refractivity contribution in [3.05, 3.63) is 39.9 Å². The van der Waals surface area contributed by atoms with Crippen molar-refractivity contribution in [1.29, 1.82) is 0 Å². The van der Waals surface area contributed by atoms with Crippen LogP contribution in [0.3, 0.4) is 0 Å². The van der Waals surface area contributed by atoms with Crippen LogP contribution in [0, 0.1) is 10.1 Å². The number of alkyl halides is 1. The second kappa shape index (κ2) is 5.63. The van der Waals surface area contributed by atoms with Gasteiger partial charge < -0.3 is 5.32 Å². The van der Waals surface area contributed by atoms with Gasteiger partial charge in [-0.05, 0) is 19.4 Å². The van der Waals surface area contributed by atoms with Crippen LogP contribution in [0.2, 0.25) is 0 Å². The molecule has 1 amide bonds. The molecule has 0 bridgehead atoms. The lowest BCUT2D eigenvalue weighted by Crippen LogP contribution is -2.31. The number of amides is 1. The minimum Gasteiger partial charge on any atom is -0.348 e. The number of nitrogens with one attached hydrogen (secondary N) is 1. The van der Waals surface area contributed by atoms with Gasteiger partial charge in [-0.1, -0.05) is 12.1 Å². The molecule has 92 valence electrons. The summed E-state index contributed by atoms with van der Waals surface area (Å²) in [5, 5.41) is 12.6. The molecule has 0 spiro atoms. The third-order valence-corrected chi connectivity index (χ3v) is 2.50. The lowest BCUT2D eigenvalue weighted by molar-refractivity contribution is -0.384. The predicted octanol–water partition coefficient (Wildman–Crippen LogP) is 2.40. The van der Waals surface area contributed by atoms with Gasteiger partial charge in [0.15, 0.2) is 0 Å². The molecule has 0 aliphatic heterocycles. The largest absolute Gasteiger partial charge is 0.348 e. The van der Waals surface area contributed by atoms with Crippen molar-refractivity contribution < 1.29 is 9.72 Å². The Bertz CT molecular complexity index is 434. The van der Waals surface area contributed by atoms with Gasteiger partial charge in [-0.15, -0.1) is 11.6 Å². The molecule has 1 aromatic rings. The second-order valence-corrected chi connectivity index (χ2v) is 4.35. The van der Waals surface area contributed by atoms with Gasteiger partial charge in [-0.2, -0.15) is 0 Å². The number of halogens is 1. The first kappa shape index (κ1) is 13.4. The Morgan fingerprint density at radius 2 is 2.12 bits per heavy atom. The molecule has 0 saturated carbocycles. The maximum absolute atomic E-state index is 11.4. The van der Waals surface area contributed by atoms with Gasteiger partial charge >= 0.3 is 0 Å². The van der Waals surface area contributed by atoms with Gasteiger partial charge in [0.1, 0.15) is 5.38 Å². The van der Waals surface area contributed by atoms with Crippen molar-refractivity contribution in [3.8, 4) is 0 Å². The monoisotopic (exact) mass is 256 g/mol. The highest BCUT2D eigenvalue weighted by Crippen LogP contribution is 2.19. The summed E-state index contributed by atoms with van der Waals surface area (Å²) in [6.07, 6.45) is 0. The normalized spacial score (nSPS) is 13.8. The van der Waals surface area contributed by atoms with Gasteiger partial charge in [0.2, 0.25) is 5.91 Å². The smallest absolute Gasteiger partial charge is 0.269 e. The van der Waals surface area contributed by atoms with Crippen LogP contribution >= 0.6 is 11.6 Å². The van der Waals surface area contributed by atoms with E-state index in [1.807, 2.05) is 0 Å². The number of nitro groups is 1. The van der Waals surface area contributed by atoms with Crippen LogP contribution in [0.15, 0.2) is 24.3 Å². The molecule has 0 radical (unpaired) electrons. The van der Waals surface area contributed by atoms with E-state index in [-0.39, 0.29) is 17.6 Å². The van der Waals surface area contributed by atoms with Crippen molar-refractivity contribution in [2.24, 2.45) is 0 Å². The molecule has 0 heterocycles. The van der Waals surface area contributed by atoms with E-state index in [1.54, 1.807) is 26.0 Å². The number of nitro benzene ring substituents is 1. The number of hydrogen-bond donors (Lipinski definition) is 1. The zero-order valence-electron chi connectivity index (χ0n) is 9.51. The molecule has 1 rings (SSSR count). The molecule has 17 heavy (non-hydrogen) atoms. The zero-order chi connectivity index (χ0) is 13.0. The fourth-order valence-corrected chi connectivity index (χ4v) is 1.38. The summed E-state index contributed by atoms with van der Waals surface area (Å²) >= 11 is 5.62. The second-order valence-electron chi connectivity index (χ2n) is 3.70. The van der Waals surface area contributed by atoms with Gasteiger partial charge in [0.05, 0.1) is 11.0 Å². The topological polar surface area (TPSA) is 72.2 Å². The van der Waals surface area contributed by atoms with Gasteiger partial charge in [0, 0.05) is 12.1 Å². The van der Waals surface area contributed by atoms with Crippen molar-refractivity contribution in [2.45, 2.75) is 25.3 Å². The SMILES string of the molecule is CC(Cl)C(=O)NC(C)c1cccc([N+](=O)[O-])c1. The van der Waals surface area contributed by atoms with E-state index in [2.05, 4.69) is 5.32 Å². The molecule has 6 heteroatoms. The highest BCUT2D eigenvalue weighted by atomic mass is 35.5. The van der Waals surface area contributed by atoms with E-state index < -0.39 is 10.3 Å². The maximum atomic E-state index is 11.4. The molecule has 0 saturated heterocycles. The van der Waals surface area contributed by atoms with Gasteiger partial charge in [0.25, 0.3) is 5.69 Å². The molecule has 2 atom stereocenters. The Hall–Kier alpha value is -1.62. The molecular formula is C11H13ClN2O3.